The largest absolute Gasteiger partial charge is 0.497 e. The van der Waals surface area contributed by atoms with Crippen molar-refractivity contribution in [2.45, 2.75) is 25.3 Å². The number of anilines is 1. The molecule has 0 fully saturated rings. The third-order valence-corrected chi connectivity index (χ3v) is 3.83. The van der Waals surface area contributed by atoms with Crippen LogP contribution in [0.4, 0.5) is 5.69 Å². The number of nitrogens with one attached hydrogen (secondary N) is 1. The Hall–Kier alpha value is -1.96. The molecule has 1 heterocycles. The summed E-state index contributed by atoms with van der Waals surface area (Å²) < 4.78 is 5.36. The summed E-state index contributed by atoms with van der Waals surface area (Å²) in [6.07, 6.45) is 1.12. The number of hydrogen-bond acceptors (Lipinski definition) is 2. The Morgan fingerprint density at radius 3 is 2.63 bits per heavy atom. The second-order valence-electron chi connectivity index (χ2n) is 5.20. The van der Waals surface area contributed by atoms with E-state index in [1.54, 1.807) is 7.11 Å². The monoisotopic (exact) mass is 253 g/mol. The fraction of sp³-hybridized carbons (Fsp3) is 0.294. The van der Waals surface area contributed by atoms with Gasteiger partial charge < -0.3 is 10.1 Å². The van der Waals surface area contributed by atoms with Crippen LogP contribution in [-0.2, 0) is 0 Å². The zero-order valence-corrected chi connectivity index (χ0v) is 11.4. The first kappa shape index (κ1) is 12.1. The van der Waals surface area contributed by atoms with Gasteiger partial charge in [-0.3, -0.25) is 0 Å². The van der Waals surface area contributed by atoms with E-state index in [-0.39, 0.29) is 0 Å². The van der Waals surface area contributed by atoms with E-state index in [9.17, 15) is 0 Å². The van der Waals surface area contributed by atoms with Crippen molar-refractivity contribution in [3.63, 3.8) is 0 Å². The van der Waals surface area contributed by atoms with Crippen LogP contribution in [0, 0.1) is 0 Å². The lowest BCUT2D eigenvalue weighted by Crippen LogP contribution is -2.25. The molecule has 3 rings (SSSR count). The second-order valence-corrected chi connectivity index (χ2v) is 5.20. The van der Waals surface area contributed by atoms with Crippen LogP contribution in [0.15, 0.2) is 48.5 Å². The van der Waals surface area contributed by atoms with E-state index in [1.807, 2.05) is 6.07 Å². The van der Waals surface area contributed by atoms with Crippen molar-refractivity contribution in [1.82, 2.24) is 0 Å². The van der Waals surface area contributed by atoms with Crippen LogP contribution < -0.4 is 10.1 Å². The van der Waals surface area contributed by atoms with Gasteiger partial charge in [-0.25, -0.2) is 0 Å². The van der Waals surface area contributed by atoms with Gasteiger partial charge in [-0.05, 0) is 42.7 Å². The van der Waals surface area contributed by atoms with Crippen LogP contribution in [0.25, 0.3) is 0 Å². The molecule has 1 aliphatic rings. The maximum absolute atomic E-state index is 5.36. The molecule has 2 aromatic rings. The van der Waals surface area contributed by atoms with Crippen LogP contribution in [0.2, 0.25) is 0 Å². The Morgan fingerprint density at radius 1 is 1.11 bits per heavy atom. The molecule has 0 aromatic heterocycles. The van der Waals surface area contributed by atoms with E-state index in [1.165, 1.54) is 16.8 Å². The Bertz CT molecular complexity index is 565. The predicted molar refractivity (Wildman–Crippen MR) is 79.0 cm³/mol. The van der Waals surface area contributed by atoms with E-state index in [0.29, 0.717) is 12.0 Å². The molecule has 98 valence electrons. The quantitative estimate of drug-likeness (QED) is 0.872. The maximum Gasteiger partial charge on any atom is 0.119 e. The van der Waals surface area contributed by atoms with Gasteiger partial charge in [0.05, 0.1) is 7.11 Å². The van der Waals surface area contributed by atoms with E-state index < -0.39 is 0 Å². The summed E-state index contributed by atoms with van der Waals surface area (Å²) in [6.45, 7) is 2.24. The molecular weight excluding hydrogens is 234 g/mol. The molecule has 2 nitrogen and oxygen atoms in total. The molecule has 2 heteroatoms. The smallest absolute Gasteiger partial charge is 0.119 e. The number of benzene rings is 2. The normalized spacial score (nSPS) is 21.4. The molecule has 2 unspecified atom stereocenters. The van der Waals surface area contributed by atoms with Gasteiger partial charge in [0, 0.05) is 17.6 Å². The van der Waals surface area contributed by atoms with Gasteiger partial charge >= 0.3 is 0 Å². The van der Waals surface area contributed by atoms with E-state index in [0.717, 1.165) is 12.2 Å². The minimum atomic E-state index is 0.447. The Labute approximate surface area is 114 Å². The lowest BCUT2D eigenvalue weighted by atomic mass is 9.82. The number of hydrogen-bond donors (Lipinski definition) is 1. The van der Waals surface area contributed by atoms with Crippen LogP contribution in [0.1, 0.15) is 30.4 Å². The molecule has 0 spiro atoms. The van der Waals surface area contributed by atoms with Crippen LogP contribution >= 0.6 is 0 Å². The minimum Gasteiger partial charge on any atom is -0.497 e. The van der Waals surface area contributed by atoms with Crippen molar-refractivity contribution >= 4 is 5.69 Å². The fourth-order valence-electron chi connectivity index (χ4n) is 2.89. The first-order chi connectivity index (χ1) is 9.28. The fourth-order valence-corrected chi connectivity index (χ4v) is 2.89. The minimum absolute atomic E-state index is 0.447. The Balaban J connectivity index is 2.07. The number of fused-ring (bicyclic) bond motifs is 1. The molecule has 0 saturated heterocycles. The highest BCUT2D eigenvalue weighted by Gasteiger charge is 2.25. The average Bonchev–Trinajstić information content (AvgIpc) is 2.47. The SMILES string of the molecule is COc1ccc2c(c1)C(c1ccccc1)CC(C)N2. The molecule has 0 bridgehead atoms. The summed E-state index contributed by atoms with van der Waals surface area (Å²) in [4.78, 5) is 0. The Morgan fingerprint density at radius 2 is 1.89 bits per heavy atom. The zero-order valence-electron chi connectivity index (χ0n) is 11.4. The van der Waals surface area contributed by atoms with Crippen molar-refractivity contribution < 1.29 is 4.74 Å². The van der Waals surface area contributed by atoms with Gasteiger partial charge in [0.25, 0.3) is 0 Å². The summed E-state index contributed by atoms with van der Waals surface area (Å²) in [6, 6.07) is 17.5. The summed E-state index contributed by atoms with van der Waals surface area (Å²) in [5.74, 6) is 1.37. The lowest BCUT2D eigenvalue weighted by Gasteiger charge is -2.32. The van der Waals surface area contributed by atoms with E-state index in [2.05, 4.69) is 54.7 Å². The molecule has 2 atom stereocenters. The zero-order chi connectivity index (χ0) is 13.2. The number of methoxy groups -OCH3 is 1. The molecule has 0 aliphatic carbocycles. The van der Waals surface area contributed by atoms with Crippen molar-refractivity contribution in [1.29, 1.82) is 0 Å². The van der Waals surface area contributed by atoms with Crippen molar-refractivity contribution in [2.24, 2.45) is 0 Å². The van der Waals surface area contributed by atoms with Gasteiger partial charge in [0.15, 0.2) is 0 Å². The van der Waals surface area contributed by atoms with E-state index >= 15 is 0 Å². The first-order valence-electron chi connectivity index (χ1n) is 6.77. The molecule has 1 N–H and O–H groups in total. The average molecular weight is 253 g/mol. The van der Waals surface area contributed by atoms with Crippen molar-refractivity contribution in [3.05, 3.63) is 59.7 Å². The summed E-state index contributed by atoms with van der Waals surface area (Å²) in [7, 11) is 1.72. The van der Waals surface area contributed by atoms with Crippen molar-refractivity contribution in [3.8, 4) is 5.75 Å². The molecular formula is C17H19NO. The molecule has 1 aliphatic heterocycles. The standard InChI is InChI=1S/C17H19NO/c1-12-10-15(13-6-4-3-5-7-13)16-11-14(19-2)8-9-17(16)18-12/h3-9,11-12,15,18H,10H2,1-2H3. The first-order valence-corrected chi connectivity index (χ1v) is 6.77. The van der Waals surface area contributed by atoms with E-state index in [4.69, 9.17) is 4.74 Å². The summed E-state index contributed by atoms with van der Waals surface area (Å²) in [5.41, 5.74) is 3.95. The van der Waals surface area contributed by atoms with Gasteiger partial charge in [-0.2, -0.15) is 0 Å². The molecule has 0 radical (unpaired) electrons. The van der Waals surface area contributed by atoms with Gasteiger partial charge in [0.2, 0.25) is 0 Å². The molecule has 2 aromatic carbocycles. The molecule has 0 amide bonds. The van der Waals surface area contributed by atoms with Gasteiger partial charge in [-0.15, -0.1) is 0 Å². The highest BCUT2D eigenvalue weighted by atomic mass is 16.5. The third-order valence-electron chi connectivity index (χ3n) is 3.83. The lowest BCUT2D eigenvalue weighted by molar-refractivity contribution is 0.413. The van der Waals surface area contributed by atoms with Gasteiger partial charge in [0.1, 0.15) is 5.75 Å². The highest BCUT2D eigenvalue weighted by molar-refractivity contribution is 5.60. The third kappa shape index (κ3) is 2.30. The topological polar surface area (TPSA) is 21.3 Å². The summed E-state index contributed by atoms with van der Waals surface area (Å²) >= 11 is 0. The Kier molecular flexibility index (Phi) is 3.16. The second kappa shape index (κ2) is 4.96. The van der Waals surface area contributed by atoms with Gasteiger partial charge in [-0.1, -0.05) is 30.3 Å². The molecule has 19 heavy (non-hydrogen) atoms. The summed E-state index contributed by atoms with van der Waals surface area (Å²) in [5, 5.41) is 3.56. The van der Waals surface area contributed by atoms with Crippen LogP contribution in [0.3, 0.4) is 0 Å². The highest BCUT2D eigenvalue weighted by Crippen LogP contribution is 2.40. The van der Waals surface area contributed by atoms with Crippen LogP contribution in [-0.4, -0.2) is 13.2 Å². The predicted octanol–water partition coefficient (Wildman–Crippen LogP) is 4.03. The van der Waals surface area contributed by atoms with Crippen molar-refractivity contribution in [2.75, 3.05) is 12.4 Å². The molecule has 0 saturated carbocycles. The van der Waals surface area contributed by atoms with Crippen LogP contribution in [0.5, 0.6) is 5.75 Å². The number of rotatable bonds is 2. The number of ether oxygens (including phenoxy) is 1. The maximum atomic E-state index is 5.36.